The molecule has 2 atom stereocenters. The normalized spacial score (nSPS) is 27.4. The zero-order valence-corrected chi connectivity index (χ0v) is 10.5. The molecule has 1 rings (SSSR count). The van der Waals surface area contributed by atoms with Gasteiger partial charge in [0, 0.05) is 24.2 Å². The molecule has 1 heterocycles. The Hall–Kier alpha value is 0.270. The summed E-state index contributed by atoms with van der Waals surface area (Å²) >= 11 is 2.08. The monoisotopic (exact) mass is 217 g/mol. The van der Waals surface area contributed by atoms with Gasteiger partial charge in [0.2, 0.25) is 0 Å². The van der Waals surface area contributed by atoms with Gasteiger partial charge in [-0.15, -0.1) is 0 Å². The molecule has 0 aromatic rings. The van der Waals surface area contributed by atoms with Gasteiger partial charge in [-0.1, -0.05) is 13.8 Å². The van der Waals surface area contributed by atoms with E-state index in [2.05, 4.69) is 37.4 Å². The summed E-state index contributed by atoms with van der Waals surface area (Å²) in [6.07, 6.45) is 1.71. The third kappa shape index (κ3) is 3.79. The van der Waals surface area contributed by atoms with Crippen LogP contribution in [0.1, 0.15) is 27.2 Å². The fourth-order valence-electron chi connectivity index (χ4n) is 1.80. The average Bonchev–Trinajstić information content (AvgIpc) is 2.59. The first kappa shape index (κ1) is 12.3. The van der Waals surface area contributed by atoms with Crippen LogP contribution < -0.4 is 0 Å². The predicted molar refractivity (Wildman–Crippen MR) is 64.1 cm³/mol. The molecule has 0 aromatic carbocycles. The first-order valence-electron chi connectivity index (χ1n) is 5.73. The maximum atomic E-state index is 5.54. The van der Waals surface area contributed by atoms with Crippen molar-refractivity contribution in [3.8, 4) is 0 Å². The van der Waals surface area contributed by atoms with Crippen LogP contribution in [0.4, 0.5) is 0 Å². The number of hydrogen-bond donors (Lipinski definition) is 0. The van der Waals surface area contributed by atoms with Crippen LogP contribution in [0.15, 0.2) is 0 Å². The lowest BCUT2D eigenvalue weighted by Gasteiger charge is -2.19. The minimum Gasteiger partial charge on any atom is -0.377 e. The fourth-order valence-corrected chi connectivity index (χ4v) is 3.08. The molecule has 1 saturated heterocycles. The molecule has 0 aromatic heterocycles. The van der Waals surface area contributed by atoms with Crippen LogP contribution in [-0.2, 0) is 4.74 Å². The second-order valence-electron chi connectivity index (χ2n) is 3.80. The van der Waals surface area contributed by atoms with Crippen LogP contribution in [0.25, 0.3) is 0 Å². The van der Waals surface area contributed by atoms with E-state index in [1.807, 2.05) is 0 Å². The Balaban J connectivity index is 2.08. The molecule has 3 heteroatoms. The smallest absolute Gasteiger partial charge is 0.0666 e. The largest absolute Gasteiger partial charge is 0.377 e. The van der Waals surface area contributed by atoms with E-state index >= 15 is 0 Å². The fraction of sp³-hybridized carbons (Fsp3) is 1.00. The van der Waals surface area contributed by atoms with E-state index in [4.69, 9.17) is 4.74 Å². The Kier molecular flexibility index (Phi) is 5.90. The standard InChI is InChI=1S/C11H23NOS/c1-4-12(5-2)7-9-14-11-6-8-13-10(11)3/h10-11H,4-9H2,1-3H3. The molecule has 0 amide bonds. The molecule has 1 aliphatic rings. The van der Waals surface area contributed by atoms with Crippen molar-refractivity contribution in [1.82, 2.24) is 4.90 Å². The molecule has 14 heavy (non-hydrogen) atoms. The summed E-state index contributed by atoms with van der Waals surface area (Å²) in [6, 6.07) is 0. The summed E-state index contributed by atoms with van der Waals surface area (Å²) in [4.78, 5) is 2.48. The topological polar surface area (TPSA) is 12.5 Å². The first-order chi connectivity index (χ1) is 6.77. The number of nitrogens with zero attached hydrogens (tertiary/aromatic N) is 1. The highest BCUT2D eigenvalue weighted by Gasteiger charge is 2.24. The van der Waals surface area contributed by atoms with Crippen LogP contribution in [-0.4, -0.2) is 48.2 Å². The van der Waals surface area contributed by atoms with E-state index in [-0.39, 0.29) is 0 Å². The van der Waals surface area contributed by atoms with Crippen molar-refractivity contribution in [3.05, 3.63) is 0 Å². The molecular formula is C11H23NOS. The number of hydrogen-bond acceptors (Lipinski definition) is 3. The van der Waals surface area contributed by atoms with Gasteiger partial charge in [-0.05, 0) is 26.4 Å². The molecule has 0 aliphatic carbocycles. The Morgan fingerprint density at radius 1 is 1.36 bits per heavy atom. The summed E-state index contributed by atoms with van der Waals surface area (Å²) < 4.78 is 5.54. The maximum absolute atomic E-state index is 5.54. The van der Waals surface area contributed by atoms with Crippen molar-refractivity contribution in [1.29, 1.82) is 0 Å². The molecule has 1 fully saturated rings. The summed E-state index contributed by atoms with van der Waals surface area (Å²) in [7, 11) is 0. The lowest BCUT2D eigenvalue weighted by molar-refractivity contribution is 0.127. The lowest BCUT2D eigenvalue weighted by Crippen LogP contribution is -2.26. The Labute approximate surface area is 92.4 Å². The summed E-state index contributed by atoms with van der Waals surface area (Å²) in [5.74, 6) is 1.25. The second-order valence-corrected chi connectivity index (χ2v) is 5.15. The molecule has 0 spiro atoms. The minimum atomic E-state index is 0.469. The van der Waals surface area contributed by atoms with E-state index < -0.39 is 0 Å². The van der Waals surface area contributed by atoms with Crippen LogP contribution in [0, 0.1) is 0 Å². The van der Waals surface area contributed by atoms with E-state index in [0.717, 1.165) is 11.9 Å². The first-order valence-corrected chi connectivity index (χ1v) is 6.78. The summed E-state index contributed by atoms with van der Waals surface area (Å²) in [5.41, 5.74) is 0. The zero-order valence-electron chi connectivity index (χ0n) is 9.66. The van der Waals surface area contributed by atoms with Gasteiger partial charge < -0.3 is 9.64 Å². The van der Waals surface area contributed by atoms with Crippen molar-refractivity contribution in [3.63, 3.8) is 0 Å². The third-order valence-corrected chi connectivity index (χ3v) is 4.41. The number of ether oxygens (including phenoxy) is 1. The van der Waals surface area contributed by atoms with Gasteiger partial charge in [-0.25, -0.2) is 0 Å². The van der Waals surface area contributed by atoms with Gasteiger partial charge in [-0.3, -0.25) is 0 Å². The molecule has 0 N–H and O–H groups in total. The van der Waals surface area contributed by atoms with E-state index in [1.54, 1.807) is 0 Å². The quantitative estimate of drug-likeness (QED) is 0.677. The summed E-state index contributed by atoms with van der Waals surface area (Å²) in [6.45, 7) is 11.2. The van der Waals surface area contributed by atoms with Crippen LogP contribution in [0.5, 0.6) is 0 Å². The van der Waals surface area contributed by atoms with Crippen LogP contribution in [0.3, 0.4) is 0 Å². The lowest BCUT2D eigenvalue weighted by atomic mass is 10.3. The van der Waals surface area contributed by atoms with E-state index in [0.29, 0.717) is 6.10 Å². The maximum Gasteiger partial charge on any atom is 0.0666 e. The van der Waals surface area contributed by atoms with Crippen LogP contribution >= 0.6 is 11.8 Å². The van der Waals surface area contributed by atoms with Crippen molar-refractivity contribution in [2.45, 2.75) is 38.5 Å². The van der Waals surface area contributed by atoms with Gasteiger partial charge in [0.25, 0.3) is 0 Å². The molecule has 1 aliphatic heterocycles. The van der Waals surface area contributed by atoms with Crippen molar-refractivity contribution >= 4 is 11.8 Å². The van der Waals surface area contributed by atoms with Gasteiger partial charge in [0.15, 0.2) is 0 Å². The Morgan fingerprint density at radius 3 is 2.57 bits per heavy atom. The van der Waals surface area contributed by atoms with Crippen molar-refractivity contribution in [2.75, 3.05) is 32.0 Å². The number of rotatable bonds is 6. The molecular weight excluding hydrogens is 194 g/mol. The Morgan fingerprint density at radius 2 is 2.07 bits per heavy atom. The highest BCUT2D eigenvalue weighted by atomic mass is 32.2. The molecule has 84 valence electrons. The van der Waals surface area contributed by atoms with Gasteiger partial charge in [0.1, 0.15) is 0 Å². The number of thioether (sulfide) groups is 1. The molecule has 0 saturated carbocycles. The average molecular weight is 217 g/mol. The molecule has 2 nitrogen and oxygen atoms in total. The predicted octanol–water partition coefficient (Wildman–Crippen LogP) is 2.24. The SMILES string of the molecule is CCN(CC)CCSC1CCOC1C. The summed E-state index contributed by atoms with van der Waals surface area (Å²) in [5, 5.41) is 0.741. The highest BCUT2D eigenvalue weighted by molar-refractivity contribution is 8.00. The molecule has 2 unspecified atom stereocenters. The molecule has 0 bridgehead atoms. The van der Waals surface area contributed by atoms with Crippen molar-refractivity contribution in [2.24, 2.45) is 0 Å². The van der Waals surface area contributed by atoms with Gasteiger partial charge >= 0.3 is 0 Å². The zero-order chi connectivity index (χ0) is 10.4. The van der Waals surface area contributed by atoms with E-state index in [9.17, 15) is 0 Å². The molecule has 0 radical (unpaired) electrons. The third-order valence-electron chi connectivity index (χ3n) is 2.94. The highest BCUT2D eigenvalue weighted by Crippen LogP contribution is 2.25. The van der Waals surface area contributed by atoms with E-state index in [1.165, 1.54) is 31.8 Å². The minimum absolute atomic E-state index is 0.469. The van der Waals surface area contributed by atoms with Crippen LogP contribution in [0.2, 0.25) is 0 Å². The van der Waals surface area contributed by atoms with Gasteiger partial charge in [-0.2, -0.15) is 11.8 Å². The van der Waals surface area contributed by atoms with Crippen molar-refractivity contribution < 1.29 is 4.74 Å². The Bertz CT molecular complexity index is 150. The van der Waals surface area contributed by atoms with Gasteiger partial charge in [0.05, 0.1) is 6.10 Å². The second kappa shape index (κ2) is 6.70.